The second-order valence-electron chi connectivity index (χ2n) is 4.58. The first kappa shape index (κ1) is 16.9. The van der Waals surface area contributed by atoms with Gasteiger partial charge in [0, 0.05) is 6.61 Å². The molecule has 1 unspecified atom stereocenters. The smallest absolute Gasteiger partial charge is 0.149 e. The van der Waals surface area contributed by atoms with Crippen LogP contribution in [0.4, 0.5) is 0 Å². The van der Waals surface area contributed by atoms with E-state index in [1.165, 1.54) is 57.8 Å². The molecule has 0 heterocycles. The summed E-state index contributed by atoms with van der Waals surface area (Å²) in [7, 11) is 0.763. The molecule has 0 rings (SSSR count). The second kappa shape index (κ2) is 13.9. The summed E-state index contributed by atoms with van der Waals surface area (Å²) < 4.78 is 10.6. The third-order valence-electron chi connectivity index (χ3n) is 2.99. The summed E-state index contributed by atoms with van der Waals surface area (Å²) in [4.78, 5) is 0. The second-order valence-corrected chi connectivity index (χ2v) is 5.05. The van der Waals surface area contributed by atoms with Crippen molar-refractivity contribution in [1.29, 1.82) is 0 Å². The number of hydrogen-bond acceptors (Lipinski definition) is 2. The van der Waals surface area contributed by atoms with Crippen LogP contribution < -0.4 is 0 Å². The highest BCUT2D eigenvalue weighted by Crippen LogP contribution is 2.10. The van der Waals surface area contributed by atoms with Gasteiger partial charge in [-0.2, -0.15) is 0 Å². The van der Waals surface area contributed by atoms with Gasteiger partial charge in [0.2, 0.25) is 0 Å². The van der Waals surface area contributed by atoms with Gasteiger partial charge >= 0.3 is 0 Å². The molecule has 0 aliphatic rings. The van der Waals surface area contributed by atoms with Crippen LogP contribution in [0.2, 0.25) is 0 Å². The Morgan fingerprint density at radius 3 is 2.06 bits per heavy atom. The van der Waals surface area contributed by atoms with Crippen LogP contribution in [-0.4, -0.2) is 23.4 Å². The van der Waals surface area contributed by atoms with E-state index in [1.54, 1.807) is 0 Å². The largest absolute Gasteiger partial charge is 0.404 e. The van der Waals surface area contributed by atoms with E-state index in [0.29, 0.717) is 0 Å². The lowest BCUT2D eigenvalue weighted by Gasteiger charge is -2.10. The molecule has 0 saturated carbocycles. The summed E-state index contributed by atoms with van der Waals surface area (Å²) in [5.41, 5.74) is 0. The molecule has 0 aromatic heterocycles. The lowest BCUT2D eigenvalue weighted by atomic mass is 10.1. The zero-order chi connectivity index (χ0) is 12.8. The summed E-state index contributed by atoms with van der Waals surface area (Å²) in [6.45, 7) is 6.55. The maximum atomic E-state index is 5.47. The highest BCUT2D eigenvalue weighted by Gasteiger charge is 1.97. The van der Waals surface area contributed by atoms with Crippen molar-refractivity contribution < 1.29 is 9.16 Å². The van der Waals surface area contributed by atoms with E-state index < -0.39 is 0 Å². The number of rotatable bonds is 13. The quantitative estimate of drug-likeness (QED) is 0.218. The van der Waals surface area contributed by atoms with Crippen molar-refractivity contribution in [3.8, 4) is 0 Å². The fourth-order valence-electron chi connectivity index (χ4n) is 1.77. The average molecular weight is 258 g/mol. The zero-order valence-electron chi connectivity index (χ0n) is 11.7. The van der Waals surface area contributed by atoms with Gasteiger partial charge in [0.25, 0.3) is 0 Å². The Morgan fingerprint density at radius 1 is 1.00 bits per heavy atom. The van der Waals surface area contributed by atoms with Crippen molar-refractivity contribution in [3.05, 3.63) is 12.7 Å². The lowest BCUT2D eigenvalue weighted by molar-refractivity contribution is -0.0639. The Labute approximate surface area is 110 Å². The molecule has 1 atom stereocenters. The van der Waals surface area contributed by atoms with Gasteiger partial charge in [0.05, 0.1) is 0 Å². The van der Waals surface area contributed by atoms with Gasteiger partial charge in [-0.3, -0.25) is 0 Å². The van der Waals surface area contributed by atoms with Crippen LogP contribution in [0.25, 0.3) is 0 Å². The summed E-state index contributed by atoms with van der Waals surface area (Å²) in [5, 5.41) is 0. The summed E-state index contributed by atoms with van der Waals surface area (Å²) in [5.74, 6) is 0. The molecule has 0 aliphatic heterocycles. The third-order valence-corrected chi connectivity index (χ3v) is 3.65. The molecule has 0 bridgehead atoms. The van der Waals surface area contributed by atoms with Crippen LogP contribution in [0.15, 0.2) is 12.7 Å². The monoisotopic (exact) mass is 258 g/mol. The normalized spacial score (nSPS) is 12.8. The first-order chi connectivity index (χ1) is 8.31. The number of allylic oxidation sites excluding steroid dienone is 1. The van der Waals surface area contributed by atoms with Gasteiger partial charge in [0.1, 0.15) is 16.8 Å². The minimum Gasteiger partial charge on any atom is -0.404 e. The van der Waals surface area contributed by atoms with Crippen molar-refractivity contribution in [1.82, 2.24) is 0 Å². The standard InChI is InChI=1S/C14H30O2Si/c1-3-4-5-6-7-8-9-10-11-12-13-15-14(2)16-17/h3,14H,1,4-13H2,2,17H3. The SMILES string of the molecule is C=CCCCCCCCCCCOC(C)O[SiH3]. The van der Waals surface area contributed by atoms with Crippen molar-refractivity contribution in [3.63, 3.8) is 0 Å². The van der Waals surface area contributed by atoms with E-state index in [-0.39, 0.29) is 6.29 Å². The Bertz CT molecular complexity index is 162. The van der Waals surface area contributed by atoms with Crippen LogP contribution >= 0.6 is 0 Å². The molecular formula is C14H30O2Si. The van der Waals surface area contributed by atoms with Crippen LogP contribution in [0.1, 0.15) is 64.7 Å². The number of unbranched alkanes of at least 4 members (excludes halogenated alkanes) is 8. The number of ether oxygens (including phenoxy) is 1. The minimum atomic E-state index is 0.00604. The van der Waals surface area contributed by atoms with E-state index in [4.69, 9.17) is 9.16 Å². The van der Waals surface area contributed by atoms with Gasteiger partial charge in [-0.1, -0.05) is 44.6 Å². The molecule has 0 aromatic carbocycles. The fraction of sp³-hybridized carbons (Fsp3) is 0.857. The maximum absolute atomic E-state index is 5.47. The van der Waals surface area contributed by atoms with E-state index in [1.807, 2.05) is 13.0 Å². The minimum absolute atomic E-state index is 0.00604. The van der Waals surface area contributed by atoms with Crippen LogP contribution in [0, 0.1) is 0 Å². The Kier molecular flexibility index (Phi) is 13.8. The molecule has 0 N–H and O–H groups in total. The summed E-state index contributed by atoms with van der Waals surface area (Å²) in [6.07, 6.45) is 13.8. The van der Waals surface area contributed by atoms with Gasteiger partial charge in [0.15, 0.2) is 0 Å². The zero-order valence-corrected chi connectivity index (χ0v) is 13.7. The first-order valence-electron chi connectivity index (χ1n) is 7.06. The van der Waals surface area contributed by atoms with Crippen LogP contribution in [0.3, 0.4) is 0 Å². The summed E-state index contributed by atoms with van der Waals surface area (Å²) >= 11 is 0. The van der Waals surface area contributed by atoms with Crippen molar-refractivity contribution in [2.45, 2.75) is 71.0 Å². The van der Waals surface area contributed by atoms with E-state index in [9.17, 15) is 0 Å². The molecule has 0 spiro atoms. The topological polar surface area (TPSA) is 18.5 Å². The molecule has 17 heavy (non-hydrogen) atoms. The molecule has 0 amide bonds. The summed E-state index contributed by atoms with van der Waals surface area (Å²) in [6, 6.07) is 0. The predicted octanol–water partition coefficient (Wildman–Crippen LogP) is 3.34. The Morgan fingerprint density at radius 2 is 1.53 bits per heavy atom. The fourth-order valence-corrected chi connectivity index (χ4v) is 1.90. The van der Waals surface area contributed by atoms with Crippen molar-refractivity contribution in [2.75, 3.05) is 6.61 Å². The van der Waals surface area contributed by atoms with Gasteiger partial charge in [-0.15, -0.1) is 6.58 Å². The molecule has 102 valence electrons. The van der Waals surface area contributed by atoms with Crippen LogP contribution in [0.5, 0.6) is 0 Å². The average Bonchev–Trinajstić information content (AvgIpc) is 2.35. The van der Waals surface area contributed by atoms with E-state index >= 15 is 0 Å². The Hall–Kier alpha value is -0.123. The van der Waals surface area contributed by atoms with Crippen molar-refractivity contribution in [2.24, 2.45) is 0 Å². The van der Waals surface area contributed by atoms with Gasteiger partial charge < -0.3 is 9.16 Å². The van der Waals surface area contributed by atoms with E-state index in [2.05, 4.69) is 6.58 Å². The molecule has 3 heteroatoms. The highest BCUT2D eigenvalue weighted by atomic mass is 28.2. The van der Waals surface area contributed by atoms with Crippen molar-refractivity contribution >= 4 is 10.5 Å². The molecule has 0 saturated heterocycles. The highest BCUT2D eigenvalue weighted by molar-refractivity contribution is 5.98. The molecule has 2 nitrogen and oxygen atoms in total. The van der Waals surface area contributed by atoms with E-state index in [0.717, 1.165) is 17.1 Å². The molecule has 0 fully saturated rings. The molecule has 0 radical (unpaired) electrons. The molecule has 0 aliphatic carbocycles. The van der Waals surface area contributed by atoms with Crippen LogP contribution in [-0.2, 0) is 9.16 Å². The van der Waals surface area contributed by atoms with Gasteiger partial charge in [-0.05, 0) is 26.2 Å². The predicted molar refractivity (Wildman–Crippen MR) is 78.2 cm³/mol. The lowest BCUT2D eigenvalue weighted by Crippen LogP contribution is -2.11. The first-order valence-corrected chi connectivity index (χ1v) is 7.88. The van der Waals surface area contributed by atoms with Gasteiger partial charge in [-0.25, -0.2) is 0 Å². The molecular weight excluding hydrogens is 228 g/mol. The number of hydrogen-bond donors (Lipinski definition) is 0. The third kappa shape index (κ3) is 13.8. The molecule has 0 aromatic rings. The Balaban J connectivity index is 2.96. The maximum Gasteiger partial charge on any atom is 0.149 e.